The van der Waals surface area contributed by atoms with Gasteiger partial charge in [0.15, 0.2) is 5.60 Å². The highest BCUT2D eigenvalue weighted by molar-refractivity contribution is 6.12. The average molecular weight is 806 g/mol. The van der Waals surface area contributed by atoms with E-state index >= 15 is 0 Å². The van der Waals surface area contributed by atoms with Crippen molar-refractivity contribution < 1.29 is 39.0 Å². The third-order valence-corrected chi connectivity index (χ3v) is 14.3. The van der Waals surface area contributed by atoms with Crippen molar-refractivity contribution in [2.24, 2.45) is 34.7 Å². The van der Waals surface area contributed by atoms with Gasteiger partial charge >= 0.3 is 11.9 Å². The van der Waals surface area contributed by atoms with Gasteiger partial charge in [-0.25, -0.2) is 4.79 Å². The maximum Gasteiger partial charge on any atom is 0.366 e. The number of carbonyl (C=O) groups is 4. The summed E-state index contributed by atoms with van der Waals surface area (Å²) in [5.74, 6) is 6.81. The quantitative estimate of drug-likeness (QED) is 0.0788. The Hall–Kier alpha value is -3.38. The minimum atomic E-state index is -2.05. The van der Waals surface area contributed by atoms with Crippen LogP contribution in [0, 0.1) is 23.2 Å². The maximum atomic E-state index is 14.1. The van der Waals surface area contributed by atoms with Crippen molar-refractivity contribution in [3.8, 4) is 0 Å². The molecule has 2 aromatic carbocycles. The number of benzene rings is 2. The molecule has 0 radical (unpaired) electrons. The Morgan fingerprint density at radius 3 is 2.22 bits per heavy atom. The number of nitrogens with one attached hydrogen (secondary N) is 2. The van der Waals surface area contributed by atoms with E-state index in [1.165, 1.54) is 15.4 Å². The van der Waals surface area contributed by atoms with E-state index in [1.54, 1.807) is 13.8 Å². The van der Waals surface area contributed by atoms with Crippen LogP contribution >= 0.6 is 0 Å². The molecule has 15 heteroatoms. The van der Waals surface area contributed by atoms with Gasteiger partial charge in [-0.15, -0.1) is 5.12 Å². The molecule has 3 saturated carbocycles. The lowest BCUT2D eigenvalue weighted by Gasteiger charge is -2.55. The van der Waals surface area contributed by atoms with Crippen molar-refractivity contribution in [3.63, 3.8) is 0 Å². The number of aliphatic hydroxyl groups excluding tert-OH is 2. The third kappa shape index (κ3) is 7.85. The van der Waals surface area contributed by atoms with E-state index in [-0.39, 0.29) is 42.9 Å². The Bertz CT molecular complexity index is 1830. The van der Waals surface area contributed by atoms with Crippen molar-refractivity contribution >= 4 is 34.3 Å². The molecule has 58 heavy (non-hydrogen) atoms. The summed E-state index contributed by atoms with van der Waals surface area (Å²) in [4.78, 5) is 58.7. The monoisotopic (exact) mass is 805 g/mol. The Labute approximate surface area is 340 Å². The number of nitrogens with two attached hydrogens (primary N) is 2. The predicted octanol–water partition coefficient (Wildman–Crippen LogP) is 3.11. The number of hydrazine groups is 4. The molecule has 6 atom stereocenters. The van der Waals surface area contributed by atoms with Gasteiger partial charge in [0, 0.05) is 25.4 Å². The molecule has 5 fully saturated rings. The highest BCUT2D eigenvalue weighted by atomic mass is 16.7. The second-order valence-corrected chi connectivity index (χ2v) is 18.2. The van der Waals surface area contributed by atoms with Crippen LogP contribution in [0.5, 0.6) is 0 Å². The van der Waals surface area contributed by atoms with E-state index < -0.39 is 52.9 Å². The Kier molecular flexibility index (Phi) is 12.5. The number of hydrogen-bond acceptors (Lipinski definition) is 15. The number of esters is 1. The van der Waals surface area contributed by atoms with Crippen LogP contribution < -0.4 is 22.5 Å². The number of cyclic esters (lactones) is 1. The van der Waals surface area contributed by atoms with Crippen molar-refractivity contribution in [1.82, 2.24) is 26.3 Å². The van der Waals surface area contributed by atoms with Gasteiger partial charge in [-0.05, 0) is 112 Å². The summed E-state index contributed by atoms with van der Waals surface area (Å²) in [6, 6.07) is 12.0. The molecular weight excluding hydrogens is 743 g/mol. The minimum absolute atomic E-state index is 0.0272. The summed E-state index contributed by atoms with van der Waals surface area (Å²) in [6.07, 6.45) is 5.54. The van der Waals surface area contributed by atoms with E-state index in [1.807, 2.05) is 56.3 Å². The number of carbonyl (C=O) groups excluding carboxylic acids is 4. The molecule has 0 aromatic heterocycles. The first kappa shape index (κ1) is 42.7. The van der Waals surface area contributed by atoms with Crippen LogP contribution in [0.4, 0.5) is 0 Å². The molecule has 15 nitrogen and oxygen atoms in total. The smallest absolute Gasteiger partial charge is 0.366 e. The summed E-state index contributed by atoms with van der Waals surface area (Å²) < 4.78 is 6.15. The first-order chi connectivity index (χ1) is 27.6. The summed E-state index contributed by atoms with van der Waals surface area (Å²) in [7, 11) is 0. The first-order valence-corrected chi connectivity index (χ1v) is 21.4. The van der Waals surface area contributed by atoms with E-state index in [2.05, 4.69) is 10.9 Å². The lowest BCUT2D eigenvalue weighted by atomic mass is 9.63. The predicted molar refractivity (Wildman–Crippen MR) is 215 cm³/mol. The van der Waals surface area contributed by atoms with Gasteiger partial charge in [0.25, 0.3) is 0 Å². The molecule has 2 saturated heterocycles. The molecule has 1 spiro atoms. The molecule has 2 aliphatic heterocycles. The largest absolute Gasteiger partial charge is 0.454 e. The summed E-state index contributed by atoms with van der Waals surface area (Å²) >= 11 is 0. The number of Topliss-reactive ketones (excluding diaryl/α,β-unsaturated/α-hetero) is 2. The number of rotatable bonds is 12. The normalized spacial score (nSPS) is 31.7. The number of aliphatic hydroxyl groups is 2. The van der Waals surface area contributed by atoms with Gasteiger partial charge < -0.3 is 25.1 Å². The van der Waals surface area contributed by atoms with Gasteiger partial charge in [0.05, 0.1) is 23.7 Å². The molecule has 3 unspecified atom stereocenters. The molecule has 8 N–H and O–H groups in total. The molecular formula is C43H63N7O8. The fraction of sp³-hybridized carbons (Fsp3) is 0.674. The highest BCUT2D eigenvalue weighted by Gasteiger charge is 2.66. The van der Waals surface area contributed by atoms with Crippen LogP contribution in [0.3, 0.4) is 0 Å². The Morgan fingerprint density at radius 2 is 1.59 bits per heavy atom. The van der Waals surface area contributed by atoms with Gasteiger partial charge in [-0.3, -0.25) is 26.0 Å². The van der Waals surface area contributed by atoms with Gasteiger partial charge in [-0.2, -0.15) is 5.01 Å². The minimum Gasteiger partial charge on any atom is -0.454 e. The van der Waals surface area contributed by atoms with Crippen LogP contribution in [0.15, 0.2) is 42.5 Å². The number of fused-ring (bicyclic) bond motifs is 2. The average Bonchev–Trinajstić information content (AvgIpc) is 3.44. The molecule has 5 aliphatic rings. The SMILES string of the molecule is CCC1(C)OC(=O)C(NC2CCC(C3CCC4(CC3)C(=O)CCC4=O)CC2)CN2N(N(N)[C@@H](Cc3ccc4ccccc4c3)[C@@H](O)[C@@H](O)CC(C)C)NOC(=O)C21N. The van der Waals surface area contributed by atoms with Crippen molar-refractivity contribution in [1.29, 1.82) is 0 Å². The fourth-order valence-corrected chi connectivity index (χ4v) is 10.5. The van der Waals surface area contributed by atoms with E-state index in [4.69, 9.17) is 21.2 Å². The van der Waals surface area contributed by atoms with Crippen molar-refractivity contribution in [2.45, 2.75) is 153 Å². The molecule has 2 heterocycles. The zero-order valence-corrected chi connectivity index (χ0v) is 34.4. The summed E-state index contributed by atoms with van der Waals surface area (Å²) in [5.41, 5.74) is 6.20. The molecule has 3 aliphatic carbocycles. The number of nitrogens with zero attached hydrogens (tertiary/aromatic N) is 3. The second-order valence-electron chi connectivity index (χ2n) is 18.2. The zero-order chi connectivity index (χ0) is 41.6. The van der Waals surface area contributed by atoms with E-state index in [0.717, 1.165) is 54.9 Å². The van der Waals surface area contributed by atoms with Crippen LogP contribution in [0.2, 0.25) is 0 Å². The third-order valence-electron chi connectivity index (χ3n) is 14.3. The standard InChI is InChI=1S/C43H63N7O8/c1-5-41(4)43(44)40(56)58-47-50(49(45)34(38(54)35(51)22-26(2)3)24-27-10-11-28-8-6-7-9-31(28)23-27)48(43)25-33(39(55)57-41)46-32-14-12-29(13-15-32)30-18-20-42(21-19-30)36(52)16-17-37(42)53/h6-11,23,26,29-30,32-35,38,46-47,51,54H,5,12-22,24-25,44-45H2,1-4H3/t29?,32?,33?,34-,35-,38+,41?,43?/m0/s1. The number of ketones is 2. The van der Waals surface area contributed by atoms with Crippen LogP contribution in [0.1, 0.15) is 110 Å². The number of ether oxygens (including phenoxy) is 1. The number of hydrogen-bond donors (Lipinski definition) is 6. The molecule has 2 aromatic rings. The van der Waals surface area contributed by atoms with Crippen molar-refractivity contribution in [3.05, 3.63) is 48.0 Å². The summed E-state index contributed by atoms with van der Waals surface area (Å²) in [5, 5.41) is 32.6. The lowest BCUT2D eigenvalue weighted by molar-refractivity contribution is -0.370. The van der Waals surface area contributed by atoms with Gasteiger partial charge in [0.1, 0.15) is 17.6 Å². The molecule has 0 amide bonds. The lowest BCUT2D eigenvalue weighted by Crippen LogP contribution is -2.85. The maximum absolute atomic E-state index is 14.1. The first-order valence-electron chi connectivity index (χ1n) is 21.4. The zero-order valence-electron chi connectivity index (χ0n) is 34.4. The molecule has 7 rings (SSSR count). The van der Waals surface area contributed by atoms with Crippen LogP contribution in [0.25, 0.3) is 10.8 Å². The second kappa shape index (κ2) is 16.9. The summed E-state index contributed by atoms with van der Waals surface area (Å²) in [6.45, 7) is 7.15. The van der Waals surface area contributed by atoms with Gasteiger partial charge in [-0.1, -0.05) is 74.1 Å². The van der Waals surface area contributed by atoms with Gasteiger partial charge in [0.2, 0.25) is 5.66 Å². The Balaban J connectivity index is 1.11. The molecule has 318 valence electrons. The van der Waals surface area contributed by atoms with Crippen LogP contribution in [-0.4, -0.2) is 97.2 Å². The van der Waals surface area contributed by atoms with Crippen molar-refractivity contribution in [2.75, 3.05) is 6.54 Å². The molecule has 0 bridgehead atoms. The van der Waals surface area contributed by atoms with E-state index in [0.29, 0.717) is 43.9 Å². The fourth-order valence-electron chi connectivity index (χ4n) is 10.5. The van der Waals surface area contributed by atoms with E-state index in [9.17, 15) is 29.4 Å². The Morgan fingerprint density at radius 1 is 0.948 bits per heavy atom. The van der Waals surface area contributed by atoms with Crippen LogP contribution in [-0.2, 0) is 35.2 Å². The highest BCUT2D eigenvalue weighted by Crippen LogP contribution is 2.49. The topological polar surface area (TPSA) is 213 Å².